The molecule has 0 saturated heterocycles. The summed E-state index contributed by atoms with van der Waals surface area (Å²) in [6.45, 7) is 3.41. The van der Waals surface area contributed by atoms with Crippen molar-refractivity contribution in [2.24, 2.45) is 0 Å². The van der Waals surface area contributed by atoms with E-state index in [-0.39, 0.29) is 11.7 Å². The minimum atomic E-state index is -0.136. The van der Waals surface area contributed by atoms with Gasteiger partial charge in [0, 0.05) is 0 Å². The molecule has 4 heteroatoms. The van der Waals surface area contributed by atoms with E-state index in [4.69, 9.17) is 16.1 Å². The van der Waals surface area contributed by atoms with E-state index >= 15 is 0 Å². The Bertz CT molecular complexity index is 260. The fraction of sp³-hybridized carbons (Fsp3) is 0.429. The third-order valence-corrected chi connectivity index (χ3v) is 1.68. The summed E-state index contributed by atoms with van der Waals surface area (Å²) >= 11 is 5.37. The number of carbonyl (C=O) groups excluding carboxylic acids is 1. The van der Waals surface area contributed by atoms with E-state index < -0.39 is 0 Å². The summed E-state index contributed by atoms with van der Waals surface area (Å²) < 4.78 is 4.79. The van der Waals surface area contributed by atoms with Gasteiger partial charge in [0.05, 0.1) is 17.1 Å². The molecule has 1 heterocycles. The summed E-state index contributed by atoms with van der Waals surface area (Å²) in [6, 6.07) is 0. The number of rotatable bonds is 2. The van der Waals surface area contributed by atoms with Gasteiger partial charge in [-0.1, -0.05) is 5.16 Å². The smallest absolute Gasteiger partial charge is 0.183 e. The minimum absolute atomic E-state index is 0.0249. The van der Waals surface area contributed by atoms with E-state index in [0.29, 0.717) is 17.0 Å². The van der Waals surface area contributed by atoms with Gasteiger partial charge in [-0.25, -0.2) is 0 Å². The van der Waals surface area contributed by atoms with Gasteiger partial charge >= 0.3 is 0 Å². The maximum Gasteiger partial charge on any atom is 0.183 e. The molecule has 11 heavy (non-hydrogen) atoms. The van der Waals surface area contributed by atoms with E-state index in [1.165, 1.54) is 0 Å². The van der Waals surface area contributed by atoms with E-state index in [0.717, 1.165) is 0 Å². The summed E-state index contributed by atoms with van der Waals surface area (Å²) in [6.07, 6.45) is 0. The van der Waals surface area contributed by atoms with E-state index in [2.05, 4.69) is 5.16 Å². The highest BCUT2D eigenvalue weighted by Gasteiger charge is 2.15. The molecular formula is C7H8ClNO2. The van der Waals surface area contributed by atoms with Gasteiger partial charge in [0.25, 0.3) is 0 Å². The van der Waals surface area contributed by atoms with Crippen LogP contribution in [0.4, 0.5) is 0 Å². The van der Waals surface area contributed by atoms with Gasteiger partial charge in [-0.05, 0) is 13.8 Å². The summed E-state index contributed by atoms with van der Waals surface area (Å²) in [5.41, 5.74) is 1.12. The molecule has 0 amide bonds. The Morgan fingerprint density at radius 1 is 1.64 bits per heavy atom. The Kier molecular flexibility index (Phi) is 2.29. The maximum absolute atomic E-state index is 11.1. The van der Waals surface area contributed by atoms with Crippen LogP contribution in [0, 0.1) is 13.8 Å². The molecule has 1 aromatic heterocycles. The number of hydrogen-bond donors (Lipinski definition) is 0. The lowest BCUT2D eigenvalue weighted by molar-refractivity contribution is 0.101. The first kappa shape index (κ1) is 8.27. The van der Waals surface area contributed by atoms with Crippen LogP contribution in [0.15, 0.2) is 4.52 Å². The normalized spacial score (nSPS) is 10.1. The Labute approximate surface area is 69.3 Å². The quantitative estimate of drug-likeness (QED) is 0.505. The molecular weight excluding hydrogens is 166 g/mol. The third-order valence-electron chi connectivity index (χ3n) is 1.43. The third kappa shape index (κ3) is 1.43. The molecule has 0 radical (unpaired) electrons. The SMILES string of the molecule is Cc1noc(C)c1C(=O)CCl. The van der Waals surface area contributed by atoms with Gasteiger partial charge in [0.1, 0.15) is 5.76 Å². The molecule has 1 rings (SSSR count). The first-order chi connectivity index (χ1) is 5.16. The number of halogens is 1. The number of nitrogens with zero attached hydrogens (tertiary/aromatic N) is 1. The fourth-order valence-corrected chi connectivity index (χ4v) is 1.08. The summed E-state index contributed by atoms with van der Waals surface area (Å²) in [7, 11) is 0. The molecule has 1 aromatic rings. The second-order valence-electron chi connectivity index (χ2n) is 2.26. The number of hydrogen-bond acceptors (Lipinski definition) is 3. The minimum Gasteiger partial charge on any atom is -0.361 e. The molecule has 0 aromatic carbocycles. The standard InChI is InChI=1S/C7H8ClNO2/c1-4-7(6(10)3-8)5(2)11-9-4/h3H2,1-2H3. The largest absolute Gasteiger partial charge is 0.361 e. The molecule has 0 unspecified atom stereocenters. The van der Waals surface area contributed by atoms with Gasteiger partial charge in [0.2, 0.25) is 0 Å². The topological polar surface area (TPSA) is 43.1 Å². The zero-order valence-electron chi connectivity index (χ0n) is 6.35. The van der Waals surface area contributed by atoms with Crippen LogP contribution in [0.2, 0.25) is 0 Å². The first-order valence-corrected chi connectivity index (χ1v) is 3.72. The number of aromatic nitrogens is 1. The maximum atomic E-state index is 11.1. The van der Waals surface area contributed by atoms with Crippen molar-refractivity contribution in [3.8, 4) is 0 Å². The number of carbonyl (C=O) groups is 1. The molecule has 0 aliphatic carbocycles. The number of Topliss-reactive ketones (excluding diaryl/α,β-unsaturated/α-hetero) is 1. The van der Waals surface area contributed by atoms with Crippen molar-refractivity contribution in [2.45, 2.75) is 13.8 Å². The predicted octanol–water partition coefficient (Wildman–Crippen LogP) is 1.71. The van der Waals surface area contributed by atoms with Crippen LogP contribution in [0.1, 0.15) is 21.8 Å². The van der Waals surface area contributed by atoms with Crippen molar-refractivity contribution in [1.82, 2.24) is 5.16 Å². The molecule has 3 nitrogen and oxygen atoms in total. The van der Waals surface area contributed by atoms with Gasteiger partial charge in [-0.3, -0.25) is 4.79 Å². The Hall–Kier alpha value is -0.830. The van der Waals surface area contributed by atoms with Crippen LogP contribution in [0.5, 0.6) is 0 Å². The second-order valence-corrected chi connectivity index (χ2v) is 2.52. The monoisotopic (exact) mass is 173 g/mol. The molecule has 0 fully saturated rings. The molecule has 0 aliphatic rings. The number of ketones is 1. The summed E-state index contributed by atoms with van der Waals surface area (Å²) in [4.78, 5) is 11.1. The van der Waals surface area contributed by atoms with Crippen molar-refractivity contribution >= 4 is 17.4 Å². The van der Waals surface area contributed by atoms with Crippen molar-refractivity contribution in [2.75, 3.05) is 5.88 Å². The highest BCUT2D eigenvalue weighted by atomic mass is 35.5. The fourth-order valence-electron chi connectivity index (χ4n) is 0.948. The van der Waals surface area contributed by atoms with Crippen LogP contribution >= 0.6 is 11.6 Å². The van der Waals surface area contributed by atoms with Gasteiger partial charge < -0.3 is 4.52 Å². The van der Waals surface area contributed by atoms with E-state index in [1.807, 2.05) is 0 Å². The van der Waals surface area contributed by atoms with Crippen LogP contribution < -0.4 is 0 Å². The summed E-state index contributed by atoms with van der Waals surface area (Å²) in [5.74, 6) is 0.374. The van der Waals surface area contributed by atoms with Crippen molar-refractivity contribution in [3.05, 3.63) is 17.0 Å². The molecule has 0 saturated carbocycles. The van der Waals surface area contributed by atoms with Crippen LogP contribution in [-0.4, -0.2) is 16.8 Å². The van der Waals surface area contributed by atoms with Crippen molar-refractivity contribution in [3.63, 3.8) is 0 Å². The number of alkyl halides is 1. The Morgan fingerprint density at radius 2 is 2.27 bits per heavy atom. The highest BCUT2D eigenvalue weighted by molar-refractivity contribution is 6.30. The second kappa shape index (κ2) is 3.05. The first-order valence-electron chi connectivity index (χ1n) is 3.19. The van der Waals surface area contributed by atoms with E-state index in [9.17, 15) is 4.79 Å². The van der Waals surface area contributed by atoms with Gasteiger partial charge in [-0.2, -0.15) is 0 Å². The lowest BCUT2D eigenvalue weighted by atomic mass is 10.1. The van der Waals surface area contributed by atoms with Gasteiger partial charge in [0.15, 0.2) is 5.78 Å². The van der Waals surface area contributed by atoms with Crippen LogP contribution in [0.25, 0.3) is 0 Å². The molecule has 0 bridgehead atoms. The van der Waals surface area contributed by atoms with Crippen LogP contribution in [0.3, 0.4) is 0 Å². The van der Waals surface area contributed by atoms with Crippen molar-refractivity contribution < 1.29 is 9.32 Å². The predicted molar refractivity (Wildman–Crippen MR) is 41.0 cm³/mol. The van der Waals surface area contributed by atoms with Crippen molar-refractivity contribution in [1.29, 1.82) is 0 Å². The van der Waals surface area contributed by atoms with Crippen LogP contribution in [-0.2, 0) is 0 Å². The molecule has 0 aliphatic heterocycles. The summed E-state index contributed by atoms with van der Waals surface area (Å²) in [5, 5.41) is 3.63. The molecule has 0 N–H and O–H groups in total. The lowest BCUT2D eigenvalue weighted by Crippen LogP contribution is -2.02. The van der Waals surface area contributed by atoms with E-state index in [1.54, 1.807) is 13.8 Å². The zero-order valence-corrected chi connectivity index (χ0v) is 7.10. The Morgan fingerprint density at radius 3 is 2.64 bits per heavy atom. The molecule has 0 atom stereocenters. The average Bonchev–Trinajstić information content (AvgIpc) is 2.30. The average molecular weight is 174 g/mol. The zero-order chi connectivity index (χ0) is 8.43. The Balaban J connectivity index is 3.10. The number of aryl methyl sites for hydroxylation is 2. The highest BCUT2D eigenvalue weighted by Crippen LogP contribution is 2.12. The molecule has 60 valence electrons. The lowest BCUT2D eigenvalue weighted by Gasteiger charge is -1.91. The molecule has 0 spiro atoms. The van der Waals surface area contributed by atoms with Gasteiger partial charge in [-0.15, -0.1) is 11.6 Å².